The first-order valence-electron chi connectivity index (χ1n) is 25.9. The second kappa shape index (κ2) is 15.6. The number of pyridine rings is 1. The van der Waals surface area contributed by atoms with Crippen molar-refractivity contribution in [3.05, 3.63) is 235 Å². The van der Waals surface area contributed by atoms with Crippen LogP contribution in [0, 0.1) is 6.33 Å². The van der Waals surface area contributed by atoms with E-state index in [4.69, 9.17) is 18.7 Å². The van der Waals surface area contributed by atoms with E-state index in [1.165, 1.54) is 5.56 Å². The molecule has 0 aliphatic rings. The number of aromatic nitrogens is 4. The first-order valence-corrected chi connectivity index (χ1v) is 20.9. The minimum absolute atomic E-state index is 0.0881. The molecular weight excluding hydrogens is 765 g/mol. The lowest BCUT2D eigenvalue weighted by atomic mass is 9.88. The van der Waals surface area contributed by atoms with E-state index in [1.807, 2.05) is 53.2 Å². The van der Waals surface area contributed by atoms with E-state index >= 15 is 0 Å². The van der Waals surface area contributed by atoms with Gasteiger partial charge < -0.3 is 0 Å². The van der Waals surface area contributed by atoms with Crippen molar-refractivity contribution >= 4 is 32.8 Å². The van der Waals surface area contributed by atoms with Crippen LogP contribution in [0.2, 0.25) is 0 Å². The van der Waals surface area contributed by atoms with Crippen LogP contribution in [0.4, 0.5) is 0 Å². The topological polar surface area (TPSA) is 26.6 Å². The van der Waals surface area contributed by atoms with Gasteiger partial charge in [-0.2, -0.15) is 0 Å². The maximum absolute atomic E-state index is 9.05. The van der Waals surface area contributed by atoms with Gasteiger partial charge in [0.05, 0.1) is 47.1 Å². The molecule has 0 amide bonds. The molecule has 0 unspecified atom stereocenters. The maximum atomic E-state index is 9.05. The van der Waals surface area contributed by atoms with Crippen LogP contribution in [0.3, 0.4) is 0 Å². The van der Waals surface area contributed by atoms with Gasteiger partial charge in [-0.3, -0.25) is 13.7 Å². The molecule has 63 heavy (non-hydrogen) atoms. The van der Waals surface area contributed by atoms with Crippen LogP contribution >= 0.6 is 0 Å². The van der Waals surface area contributed by atoms with Crippen LogP contribution in [0.5, 0.6) is 0 Å². The lowest BCUT2D eigenvalue weighted by Crippen LogP contribution is -2.31. The highest BCUT2D eigenvalue weighted by molar-refractivity contribution is 6.10. The molecule has 0 bridgehead atoms. The summed E-state index contributed by atoms with van der Waals surface area (Å²) < 4.78 is 93.1. The molecule has 302 valence electrons. The summed E-state index contributed by atoms with van der Waals surface area (Å²) in [6.07, 6.45) is 5.97. The van der Waals surface area contributed by atoms with Crippen LogP contribution in [0.1, 0.15) is 51.2 Å². The van der Waals surface area contributed by atoms with Crippen molar-refractivity contribution in [1.82, 2.24) is 14.1 Å². The van der Waals surface area contributed by atoms with E-state index in [9.17, 15) is 0 Å². The van der Waals surface area contributed by atoms with E-state index < -0.39 is 60.4 Å². The Kier molecular flexibility index (Phi) is 7.09. The van der Waals surface area contributed by atoms with E-state index in [0.29, 0.717) is 17.5 Å². The quantitative estimate of drug-likeness (QED) is 0.111. The molecular formula is C59H46N4. The Hall–Kier alpha value is -7.82. The van der Waals surface area contributed by atoms with Crippen LogP contribution in [0.15, 0.2) is 212 Å². The summed E-state index contributed by atoms with van der Waals surface area (Å²) in [6.45, 7) is 6.61. The largest absolute Gasteiger partial charge is 0.294 e. The summed E-state index contributed by atoms with van der Waals surface area (Å²) in [6, 6.07) is 43.3. The Morgan fingerprint density at radius 1 is 0.556 bits per heavy atom. The Bertz CT molecular complexity index is 3910. The Balaban J connectivity index is 1.07. The third-order valence-electron chi connectivity index (χ3n) is 11.7. The number of imidazole rings is 1. The molecule has 4 heteroatoms. The summed E-state index contributed by atoms with van der Waals surface area (Å²) in [7, 11) is 0. The molecule has 0 atom stereocenters. The van der Waals surface area contributed by atoms with Crippen molar-refractivity contribution in [1.29, 1.82) is 0 Å². The SMILES string of the molecule is [2H]c1c([2H])c([2H])c(-c2cccc(-c3c([2H])c([2H])c([2H])c([2H])c3[2H])c2-[n+]2[c-]n(-c3cccc(Cc4ccc5c6cc(-c7ccccc7)ccc6n(-c6cc(C(C)(C)C)ccn6)c5c4)c3)c3ccccc32)c([2H])c1[2H]. The minimum Gasteiger partial charge on any atom is -0.294 e. The maximum Gasteiger partial charge on any atom is 0.269 e. The monoisotopic (exact) mass is 820 g/mol. The molecule has 0 aliphatic carbocycles. The van der Waals surface area contributed by atoms with E-state index in [0.717, 1.165) is 55.6 Å². The third kappa shape index (κ3) is 7.00. The minimum atomic E-state index is -0.555. The van der Waals surface area contributed by atoms with Crippen molar-refractivity contribution < 1.29 is 18.3 Å². The zero-order chi connectivity index (χ0) is 51.2. The molecule has 0 saturated carbocycles. The summed E-state index contributed by atoms with van der Waals surface area (Å²) in [5.41, 5.74) is 9.95. The molecule has 11 aromatic rings. The van der Waals surface area contributed by atoms with Crippen molar-refractivity contribution in [2.45, 2.75) is 32.6 Å². The van der Waals surface area contributed by atoms with Gasteiger partial charge in [-0.1, -0.05) is 184 Å². The first kappa shape index (κ1) is 28.7. The number of hydrogen-bond acceptors (Lipinski definition) is 1. The molecule has 3 aromatic heterocycles. The van der Waals surface area contributed by atoms with Crippen LogP contribution in [-0.2, 0) is 11.8 Å². The summed E-state index contributed by atoms with van der Waals surface area (Å²) in [4.78, 5) is 4.94. The van der Waals surface area contributed by atoms with Crippen molar-refractivity contribution in [3.63, 3.8) is 0 Å². The number of fused-ring (bicyclic) bond motifs is 4. The molecule has 0 aliphatic heterocycles. The fraction of sp³-hybridized carbons (Fsp3) is 0.0847. The van der Waals surface area contributed by atoms with Gasteiger partial charge in [0.25, 0.3) is 6.33 Å². The van der Waals surface area contributed by atoms with Gasteiger partial charge in [-0.15, -0.1) is 0 Å². The smallest absolute Gasteiger partial charge is 0.269 e. The van der Waals surface area contributed by atoms with Gasteiger partial charge in [0.2, 0.25) is 0 Å². The molecule has 8 aromatic carbocycles. The second-order valence-corrected chi connectivity index (χ2v) is 16.7. The lowest BCUT2D eigenvalue weighted by molar-refractivity contribution is -0.571. The summed E-state index contributed by atoms with van der Waals surface area (Å²) in [5, 5.41) is 2.23. The van der Waals surface area contributed by atoms with Gasteiger partial charge >= 0.3 is 0 Å². The standard InChI is InChI=1S/C59H46N4/c1-59(2,3)47-33-34-60-57(39-47)63-53-32-30-46(43-18-7-4-8-19-43)38-52(53)51-31-29-42(37-56(51)63)35-41-17-15-24-48(36-41)61-40-62(55-28-14-13-27-54(55)61)58-49(44-20-9-5-10-21-44)25-16-26-50(58)45-22-11-6-12-23-45/h4-34,36-39H,35H2,1-3H3/i5D,6D,9D,10D,11D,12D,20D,21D,22D,23D. The zero-order valence-corrected chi connectivity index (χ0v) is 34.9. The number of rotatable bonds is 8. The highest BCUT2D eigenvalue weighted by Gasteiger charge is 2.21. The van der Waals surface area contributed by atoms with Gasteiger partial charge in [0.1, 0.15) is 5.82 Å². The molecule has 0 N–H and O–H groups in total. The van der Waals surface area contributed by atoms with Crippen LogP contribution < -0.4 is 4.57 Å². The van der Waals surface area contributed by atoms with Gasteiger partial charge in [-0.05, 0) is 104 Å². The molecule has 0 fully saturated rings. The molecule has 0 radical (unpaired) electrons. The Labute approximate surface area is 382 Å². The van der Waals surface area contributed by atoms with Gasteiger partial charge in [0.15, 0.2) is 0 Å². The number of nitrogens with zero attached hydrogens (tertiary/aromatic N) is 4. The fourth-order valence-electron chi connectivity index (χ4n) is 8.66. The van der Waals surface area contributed by atoms with Crippen LogP contribution in [0.25, 0.3) is 83.4 Å². The van der Waals surface area contributed by atoms with Gasteiger partial charge in [-0.25, -0.2) is 4.98 Å². The van der Waals surface area contributed by atoms with E-state index in [2.05, 4.69) is 117 Å². The highest BCUT2D eigenvalue weighted by Crippen LogP contribution is 2.37. The normalized spacial score (nSPS) is 14.0. The molecule has 3 heterocycles. The van der Waals surface area contributed by atoms with E-state index in [-0.39, 0.29) is 33.4 Å². The molecule has 4 nitrogen and oxygen atoms in total. The van der Waals surface area contributed by atoms with Crippen molar-refractivity contribution in [2.75, 3.05) is 0 Å². The Morgan fingerprint density at radius 3 is 2.00 bits per heavy atom. The van der Waals surface area contributed by atoms with Crippen molar-refractivity contribution in [3.8, 4) is 50.6 Å². The molecule has 0 saturated heterocycles. The first-order chi connectivity index (χ1) is 35.0. The third-order valence-corrected chi connectivity index (χ3v) is 11.7. The lowest BCUT2D eigenvalue weighted by Gasteiger charge is -2.20. The number of benzene rings is 8. The molecule has 11 rings (SSSR count). The summed E-state index contributed by atoms with van der Waals surface area (Å²) >= 11 is 0. The van der Waals surface area contributed by atoms with E-state index in [1.54, 1.807) is 22.8 Å². The van der Waals surface area contributed by atoms with Crippen molar-refractivity contribution in [2.24, 2.45) is 0 Å². The highest BCUT2D eigenvalue weighted by atomic mass is 15.1. The van der Waals surface area contributed by atoms with Gasteiger partial charge in [0, 0.05) is 17.0 Å². The Morgan fingerprint density at radius 2 is 1.25 bits per heavy atom. The predicted molar refractivity (Wildman–Crippen MR) is 260 cm³/mol. The fourth-order valence-corrected chi connectivity index (χ4v) is 8.66. The summed E-state index contributed by atoms with van der Waals surface area (Å²) in [5.74, 6) is 0.838. The predicted octanol–water partition coefficient (Wildman–Crippen LogP) is 14.1. The zero-order valence-electron chi connectivity index (χ0n) is 44.9. The average Bonchev–Trinajstić information content (AvgIpc) is 3.94. The average molecular weight is 821 g/mol. The van der Waals surface area contributed by atoms with Crippen LogP contribution in [-0.4, -0.2) is 14.1 Å². The number of para-hydroxylation sites is 3. The number of hydrogen-bond donors (Lipinski definition) is 0. The second-order valence-electron chi connectivity index (χ2n) is 16.7. The molecule has 0 spiro atoms.